The monoisotopic (exact) mass is 521 g/mol. The van der Waals surface area contributed by atoms with Crippen molar-refractivity contribution in [2.45, 2.75) is 63.5 Å². The number of benzene rings is 1. The molecule has 180 valence electrons. The maximum atomic E-state index is 11.7. The zero-order valence-electron chi connectivity index (χ0n) is 18.5. The zero-order valence-corrected chi connectivity index (χ0v) is 20.8. The molecule has 34 heavy (non-hydrogen) atoms. The summed E-state index contributed by atoms with van der Waals surface area (Å²) in [5.41, 5.74) is 7.47. The highest BCUT2D eigenvalue weighted by atomic mass is 35.5. The van der Waals surface area contributed by atoms with Crippen LogP contribution < -0.4 is 16.4 Å². The van der Waals surface area contributed by atoms with Crippen molar-refractivity contribution >= 4 is 69.5 Å². The molecule has 5 rings (SSSR count). The molecule has 2 fully saturated rings. The number of nitrogens with zero attached hydrogens (tertiary/aromatic N) is 4. The lowest BCUT2D eigenvalue weighted by molar-refractivity contribution is -0.122. The molecule has 0 spiro atoms. The number of carbonyl (C=O) groups is 1. The summed E-state index contributed by atoms with van der Waals surface area (Å²) in [4.78, 5) is 25.8. The number of amides is 1. The van der Waals surface area contributed by atoms with Crippen molar-refractivity contribution in [3.63, 3.8) is 0 Å². The van der Waals surface area contributed by atoms with Crippen molar-refractivity contribution in [1.82, 2.24) is 19.5 Å². The maximum absolute atomic E-state index is 11.7. The van der Waals surface area contributed by atoms with Gasteiger partial charge in [-0.2, -0.15) is 4.98 Å². The van der Waals surface area contributed by atoms with Gasteiger partial charge in [0.1, 0.15) is 5.52 Å². The van der Waals surface area contributed by atoms with Gasteiger partial charge in [-0.1, -0.05) is 47.6 Å². The molecule has 0 atom stereocenters. The number of halogens is 3. The smallest absolute Gasteiger partial charge is 0.224 e. The number of hydrogen-bond acceptors (Lipinski definition) is 6. The second-order valence-corrected chi connectivity index (χ2v) is 10.4. The highest BCUT2D eigenvalue weighted by molar-refractivity contribution is 6.41. The summed E-state index contributed by atoms with van der Waals surface area (Å²) in [6.45, 7) is 0. The van der Waals surface area contributed by atoms with Crippen LogP contribution in [-0.2, 0) is 4.79 Å². The van der Waals surface area contributed by atoms with E-state index in [2.05, 4.69) is 20.2 Å². The molecule has 0 aliphatic heterocycles. The molecular formula is C23H26Cl3N7O. The summed E-state index contributed by atoms with van der Waals surface area (Å²) in [5, 5.41) is 8.00. The molecule has 8 nitrogen and oxygen atoms in total. The van der Waals surface area contributed by atoms with Crippen LogP contribution in [0, 0.1) is 5.92 Å². The molecule has 0 saturated heterocycles. The molecule has 2 aliphatic carbocycles. The number of rotatable bonds is 6. The van der Waals surface area contributed by atoms with Crippen LogP contribution in [-0.4, -0.2) is 31.5 Å². The summed E-state index contributed by atoms with van der Waals surface area (Å²) < 4.78 is 2.08. The summed E-state index contributed by atoms with van der Waals surface area (Å²) in [6.07, 6.45) is 9.43. The maximum Gasteiger partial charge on any atom is 0.224 e. The standard InChI is InChI=1S/C23H26Cl3N7O/c24-13-9-16(25)19(17(26)10-13)31-23-30-18-11-28-22(29-14-3-1-2-4-14)32-21(18)33(23)15-7-5-12(6-8-15)20(27)34/h9-12,14-15H,1-8H2,(H2,27,34)(H,30,31)(H,28,29,32). The van der Waals surface area contributed by atoms with E-state index in [4.69, 9.17) is 50.5 Å². The van der Waals surface area contributed by atoms with Gasteiger partial charge in [0.05, 0.1) is 21.9 Å². The van der Waals surface area contributed by atoms with Crippen molar-refractivity contribution in [2.24, 2.45) is 11.7 Å². The van der Waals surface area contributed by atoms with Gasteiger partial charge in [0.15, 0.2) is 5.65 Å². The predicted octanol–water partition coefficient (Wildman–Crippen LogP) is 6.10. The van der Waals surface area contributed by atoms with Gasteiger partial charge in [-0.3, -0.25) is 9.36 Å². The second-order valence-electron chi connectivity index (χ2n) is 9.11. The zero-order chi connectivity index (χ0) is 23.8. The Balaban J connectivity index is 1.54. The van der Waals surface area contributed by atoms with Crippen LogP contribution in [0.3, 0.4) is 0 Å². The summed E-state index contributed by atoms with van der Waals surface area (Å²) in [7, 11) is 0. The van der Waals surface area contributed by atoms with Gasteiger partial charge in [-0.25, -0.2) is 9.97 Å². The molecule has 0 unspecified atom stereocenters. The molecule has 3 aromatic rings. The number of anilines is 3. The predicted molar refractivity (Wildman–Crippen MR) is 136 cm³/mol. The lowest BCUT2D eigenvalue weighted by atomic mass is 9.85. The van der Waals surface area contributed by atoms with E-state index in [1.54, 1.807) is 18.3 Å². The summed E-state index contributed by atoms with van der Waals surface area (Å²) >= 11 is 19.0. The number of primary amides is 1. The Morgan fingerprint density at radius 3 is 2.32 bits per heavy atom. The van der Waals surface area contributed by atoms with Crippen LogP contribution >= 0.6 is 34.8 Å². The minimum Gasteiger partial charge on any atom is -0.369 e. The van der Waals surface area contributed by atoms with E-state index in [1.807, 2.05) is 0 Å². The first-order valence-corrected chi connectivity index (χ1v) is 12.7. The fourth-order valence-electron chi connectivity index (χ4n) is 5.04. The number of aromatic nitrogens is 4. The Hall–Kier alpha value is -2.29. The van der Waals surface area contributed by atoms with E-state index in [-0.39, 0.29) is 17.9 Å². The average Bonchev–Trinajstić information content (AvgIpc) is 3.43. The van der Waals surface area contributed by atoms with Gasteiger partial charge in [0.2, 0.25) is 17.8 Å². The van der Waals surface area contributed by atoms with Gasteiger partial charge < -0.3 is 16.4 Å². The van der Waals surface area contributed by atoms with Crippen LogP contribution in [0.2, 0.25) is 15.1 Å². The van der Waals surface area contributed by atoms with Crippen LogP contribution in [0.25, 0.3) is 11.2 Å². The molecule has 11 heteroatoms. The first-order chi connectivity index (χ1) is 16.4. The van der Waals surface area contributed by atoms with Crippen molar-refractivity contribution in [2.75, 3.05) is 10.6 Å². The van der Waals surface area contributed by atoms with E-state index in [0.29, 0.717) is 44.2 Å². The Morgan fingerprint density at radius 2 is 1.68 bits per heavy atom. The van der Waals surface area contributed by atoms with E-state index >= 15 is 0 Å². The van der Waals surface area contributed by atoms with Gasteiger partial charge in [-0.05, 0) is 50.7 Å². The largest absolute Gasteiger partial charge is 0.369 e. The van der Waals surface area contributed by atoms with E-state index < -0.39 is 0 Å². The fourth-order valence-corrected chi connectivity index (χ4v) is 5.95. The van der Waals surface area contributed by atoms with Gasteiger partial charge in [0, 0.05) is 23.0 Å². The first-order valence-electron chi connectivity index (χ1n) is 11.6. The SMILES string of the molecule is NC(=O)C1CCC(n2c(Nc3c(Cl)cc(Cl)cc3Cl)nc3cnc(NC4CCCC4)nc32)CC1. The average molecular weight is 523 g/mol. The van der Waals surface area contributed by atoms with Crippen molar-refractivity contribution in [3.05, 3.63) is 33.4 Å². The number of nitrogens with two attached hydrogens (primary N) is 1. The first kappa shape index (κ1) is 23.5. The second kappa shape index (κ2) is 9.76. The van der Waals surface area contributed by atoms with Crippen molar-refractivity contribution in [1.29, 1.82) is 0 Å². The quantitative estimate of drug-likeness (QED) is 0.361. The lowest BCUT2D eigenvalue weighted by Crippen LogP contribution is -2.28. The third-order valence-electron chi connectivity index (χ3n) is 6.83. The van der Waals surface area contributed by atoms with E-state index in [0.717, 1.165) is 44.2 Å². The normalized spacial score (nSPS) is 21.1. The Kier molecular flexibility index (Phi) is 6.73. The van der Waals surface area contributed by atoms with Crippen molar-refractivity contribution in [3.8, 4) is 0 Å². The minimum atomic E-state index is -0.239. The molecule has 4 N–H and O–H groups in total. The highest BCUT2D eigenvalue weighted by Crippen LogP contribution is 2.40. The van der Waals surface area contributed by atoms with Gasteiger partial charge >= 0.3 is 0 Å². The van der Waals surface area contributed by atoms with Gasteiger partial charge in [-0.15, -0.1) is 0 Å². The Bertz CT molecular complexity index is 1190. The number of hydrogen-bond donors (Lipinski definition) is 3. The van der Waals surface area contributed by atoms with Crippen LogP contribution in [0.5, 0.6) is 0 Å². The molecule has 2 heterocycles. The molecule has 2 aromatic heterocycles. The third kappa shape index (κ3) is 4.76. The summed E-state index contributed by atoms with van der Waals surface area (Å²) in [5.74, 6) is 0.825. The summed E-state index contributed by atoms with van der Waals surface area (Å²) in [6, 6.07) is 3.74. The van der Waals surface area contributed by atoms with Gasteiger partial charge in [0.25, 0.3) is 0 Å². The van der Waals surface area contributed by atoms with Crippen LogP contribution in [0.15, 0.2) is 18.3 Å². The molecule has 2 saturated carbocycles. The minimum absolute atomic E-state index is 0.0854. The molecular weight excluding hydrogens is 497 g/mol. The molecule has 1 amide bonds. The van der Waals surface area contributed by atoms with E-state index in [9.17, 15) is 4.79 Å². The fraction of sp³-hybridized carbons (Fsp3) is 0.478. The van der Waals surface area contributed by atoms with Crippen LogP contribution in [0.4, 0.5) is 17.6 Å². The number of imidazole rings is 1. The highest BCUT2D eigenvalue weighted by Gasteiger charge is 2.29. The Morgan fingerprint density at radius 1 is 1.00 bits per heavy atom. The molecule has 0 bridgehead atoms. The third-order valence-corrected chi connectivity index (χ3v) is 7.64. The van der Waals surface area contributed by atoms with Crippen LogP contribution in [0.1, 0.15) is 57.4 Å². The number of carbonyl (C=O) groups excluding carboxylic acids is 1. The van der Waals surface area contributed by atoms with E-state index in [1.165, 1.54) is 12.8 Å². The Labute approximate surface area is 212 Å². The number of nitrogens with one attached hydrogen (secondary N) is 2. The van der Waals surface area contributed by atoms with Crippen molar-refractivity contribution < 1.29 is 4.79 Å². The molecule has 0 radical (unpaired) electrons. The topological polar surface area (TPSA) is 111 Å². The molecule has 2 aliphatic rings. The number of fused-ring (bicyclic) bond motifs is 1. The lowest BCUT2D eigenvalue weighted by Gasteiger charge is -2.29. The molecule has 1 aromatic carbocycles.